The fourth-order valence-corrected chi connectivity index (χ4v) is 3.89. The first-order chi connectivity index (χ1) is 12.7. The largest absolute Gasteiger partial charge is 0.496 e. The van der Waals surface area contributed by atoms with E-state index in [9.17, 15) is 4.79 Å². The number of nitrogens with zero attached hydrogens (tertiary/aromatic N) is 2. The van der Waals surface area contributed by atoms with Crippen molar-refractivity contribution in [3.8, 4) is 5.75 Å². The lowest BCUT2D eigenvalue weighted by atomic mass is 9.86. The summed E-state index contributed by atoms with van der Waals surface area (Å²) in [7, 11) is 3.60. The fourth-order valence-electron chi connectivity index (χ4n) is 3.89. The predicted octanol–water partition coefficient (Wildman–Crippen LogP) is 3.99. The summed E-state index contributed by atoms with van der Waals surface area (Å²) < 4.78 is 7.46. The molecule has 5 heteroatoms. The van der Waals surface area contributed by atoms with Crippen LogP contribution < -0.4 is 10.1 Å². The standard InChI is InChI=1S/C21H29N3O2/c1-24-15-14-22-21(24)20(17-10-6-7-11-18(17)26-2)23-19(25)13-12-16-8-4-3-5-9-16/h6-7,10-11,14-16,20H,3-5,8-9,12-13H2,1-2H3,(H,23,25). The van der Waals surface area contributed by atoms with Crippen molar-refractivity contribution in [3.05, 3.63) is 48.0 Å². The molecule has 1 unspecified atom stereocenters. The Morgan fingerprint density at radius 1 is 1.31 bits per heavy atom. The van der Waals surface area contributed by atoms with E-state index < -0.39 is 0 Å². The van der Waals surface area contributed by atoms with E-state index in [1.807, 2.05) is 42.1 Å². The summed E-state index contributed by atoms with van der Waals surface area (Å²) in [5.41, 5.74) is 0.926. The SMILES string of the molecule is COc1ccccc1C(NC(=O)CCC1CCCCC1)c1nccn1C. The molecular weight excluding hydrogens is 326 g/mol. The number of amides is 1. The van der Waals surface area contributed by atoms with Crippen molar-refractivity contribution in [1.29, 1.82) is 0 Å². The van der Waals surface area contributed by atoms with Crippen LogP contribution in [0.25, 0.3) is 0 Å². The summed E-state index contributed by atoms with van der Waals surface area (Å²) in [5.74, 6) is 2.34. The maximum absolute atomic E-state index is 12.7. The Bertz CT molecular complexity index is 720. The molecule has 3 rings (SSSR count). The number of methoxy groups -OCH3 is 1. The Hall–Kier alpha value is -2.30. The van der Waals surface area contributed by atoms with Crippen LogP contribution in [0.3, 0.4) is 0 Å². The van der Waals surface area contributed by atoms with Crippen molar-refractivity contribution in [1.82, 2.24) is 14.9 Å². The maximum atomic E-state index is 12.7. The minimum atomic E-state index is -0.315. The van der Waals surface area contributed by atoms with Gasteiger partial charge in [0.25, 0.3) is 0 Å². The van der Waals surface area contributed by atoms with E-state index in [0.717, 1.165) is 23.6 Å². The van der Waals surface area contributed by atoms with Crippen LogP contribution in [0.5, 0.6) is 5.75 Å². The number of nitrogens with one attached hydrogen (secondary N) is 1. The van der Waals surface area contributed by atoms with Gasteiger partial charge in [0.05, 0.1) is 7.11 Å². The first-order valence-corrected chi connectivity index (χ1v) is 9.58. The number of benzene rings is 1. The lowest BCUT2D eigenvalue weighted by Crippen LogP contribution is -2.31. The van der Waals surface area contributed by atoms with Crippen LogP contribution in [-0.4, -0.2) is 22.6 Å². The quantitative estimate of drug-likeness (QED) is 0.817. The lowest BCUT2D eigenvalue weighted by Gasteiger charge is -2.23. The third-order valence-electron chi connectivity index (χ3n) is 5.38. The minimum Gasteiger partial charge on any atom is -0.496 e. The van der Waals surface area contributed by atoms with Crippen LogP contribution >= 0.6 is 0 Å². The van der Waals surface area contributed by atoms with Crippen molar-refractivity contribution in [2.24, 2.45) is 13.0 Å². The summed E-state index contributed by atoms with van der Waals surface area (Å²) in [6.45, 7) is 0. The number of imidazole rings is 1. The smallest absolute Gasteiger partial charge is 0.220 e. The molecule has 1 heterocycles. The van der Waals surface area contributed by atoms with Gasteiger partial charge in [-0.1, -0.05) is 50.3 Å². The van der Waals surface area contributed by atoms with E-state index in [1.54, 1.807) is 13.3 Å². The highest BCUT2D eigenvalue weighted by molar-refractivity contribution is 5.77. The van der Waals surface area contributed by atoms with E-state index in [0.29, 0.717) is 12.3 Å². The zero-order valence-corrected chi connectivity index (χ0v) is 15.8. The third-order valence-corrected chi connectivity index (χ3v) is 5.38. The fraction of sp³-hybridized carbons (Fsp3) is 0.524. The molecule has 1 amide bonds. The van der Waals surface area contributed by atoms with Gasteiger partial charge in [0.2, 0.25) is 5.91 Å². The van der Waals surface area contributed by atoms with E-state index in [4.69, 9.17) is 4.74 Å². The molecule has 1 N–H and O–H groups in total. The highest BCUT2D eigenvalue weighted by atomic mass is 16.5. The van der Waals surface area contributed by atoms with E-state index in [2.05, 4.69) is 10.3 Å². The number of hydrogen-bond donors (Lipinski definition) is 1. The lowest BCUT2D eigenvalue weighted by molar-refractivity contribution is -0.122. The average Bonchev–Trinajstić information content (AvgIpc) is 3.11. The molecule has 1 aromatic carbocycles. The molecule has 1 saturated carbocycles. The maximum Gasteiger partial charge on any atom is 0.220 e. The topological polar surface area (TPSA) is 56.1 Å². The summed E-state index contributed by atoms with van der Waals surface area (Å²) in [5, 5.41) is 3.19. The van der Waals surface area contributed by atoms with Gasteiger partial charge in [-0.25, -0.2) is 4.98 Å². The number of carbonyl (C=O) groups is 1. The molecule has 0 aliphatic heterocycles. The highest BCUT2D eigenvalue weighted by Crippen LogP contribution is 2.30. The summed E-state index contributed by atoms with van der Waals surface area (Å²) in [6, 6.07) is 7.48. The van der Waals surface area contributed by atoms with Crippen LogP contribution in [-0.2, 0) is 11.8 Å². The molecule has 5 nitrogen and oxygen atoms in total. The number of carbonyl (C=O) groups excluding carboxylic acids is 1. The van der Waals surface area contributed by atoms with Gasteiger partial charge in [-0.3, -0.25) is 4.79 Å². The van der Waals surface area contributed by atoms with Crippen LogP contribution in [0.1, 0.15) is 62.4 Å². The van der Waals surface area contributed by atoms with Gasteiger partial charge in [-0.15, -0.1) is 0 Å². The molecule has 140 valence electrons. The van der Waals surface area contributed by atoms with Crippen molar-refractivity contribution in [2.45, 2.75) is 51.0 Å². The van der Waals surface area contributed by atoms with Gasteiger partial charge in [0.1, 0.15) is 17.6 Å². The molecule has 1 atom stereocenters. The third kappa shape index (κ3) is 4.45. The summed E-state index contributed by atoms with van der Waals surface area (Å²) in [6.07, 6.45) is 11.7. The van der Waals surface area contributed by atoms with E-state index in [1.165, 1.54) is 32.1 Å². The molecule has 1 aliphatic rings. The number of ether oxygens (including phenoxy) is 1. The zero-order valence-electron chi connectivity index (χ0n) is 15.8. The van der Waals surface area contributed by atoms with E-state index in [-0.39, 0.29) is 11.9 Å². The molecule has 2 aromatic rings. The molecule has 1 fully saturated rings. The van der Waals surface area contributed by atoms with Crippen molar-refractivity contribution in [3.63, 3.8) is 0 Å². The Kier molecular flexibility index (Phi) is 6.31. The van der Waals surface area contributed by atoms with Crippen molar-refractivity contribution >= 4 is 5.91 Å². The minimum absolute atomic E-state index is 0.0782. The van der Waals surface area contributed by atoms with Crippen LogP contribution in [0, 0.1) is 5.92 Å². The average molecular weight is 355 g/mol. The number of rotatable bonds is 7. The second-order valence-electron chi connectivity index (χ2n) is 7.18. The normalized spacial score (nSPS) is 16.2. The van der Waals surface area contributed by atoms with Crippen molar-refractivity contribution < 1.29 is 9.53 Å². The van der Waals surface area contributed by atoms with Gasteiger partial charge in [0, 0.05) is 31.4 Å². The number of aromatic nitrogens is 2. The zero-order chi connectivity index (χ0) is 18.4. The van der Waals surface area contributed by atoms with Crippen molar-refractivity contribution in [2.75, 3.05) is 7.11 Å². The highest BCUT2D eigenvalue weighted by Gasteiger charge is 2.24. The molecule has 0 bridgehead atoms. The molecule has 1 aliphatic carbocycles. The Morgan fingerprint density at radius 2 is 2.08 bits per heavy atom. The second kappa shape index (κ2) is 8.88. The monoisotopic (exact) mass is 355 g/mol. The first-order valence-electron chi connectivity index (χ1n) is 9.58. The first kappa shape index (κ1) is 18.5. The molecule has 26 heavy (non-hydrogen) atoms. The summed E-state index contributed by atoms with van der Waals surface area (Å²) >= 11 is 0. The van der Waals surface area contributed by atoms with Gasteiger partial charge in [0.15, 0.2) is 0 Å². The predicted molar refractivity (Wildman–Crippen MR) is 102 cm³/mol. The summed E-state index contributed by atoms with van der Waals surface area (Å²) in [4.78, 5) is 17.2. The molecule has 1 aromatic heterocycles. The molecular formula is C21H29N3O2. The Balaban J connectivity index is 1.73. The molecule has 0 spiro atoms. The Morgan fingerprint density at radius 3 is 2.77 bits per heavy atom. The molecule has 0 saturated heterocycles. The van der Waals surface area contributed by atoms with Gasteiger partial charge < -0.3 is 14.6 Å². The van der Waals surface area contributed by atoms with Crippen LogP contribution in [0.2, 0.25) is 0 Å². The van der Waals surface area contributed by atoms with Crippen LogP contribution in [0.15, 0.2) is 36.7 Å². The number of aryl methyl sites for hydroxylation is 1. The molecule has 0 radical (unpaired) electrons. The number of para-hydroxylation sites is 1. The van der Waals surface area contributed by atoms with Gasteiger partial charge in [-0.05, 0) is 18.4 Å². The second-order valence-corrected chi connectivity index (χ2v) is 7.18. The van der Waals surface area contributed by atoms with Gasteiger partial charge in [-0.2, -0.15) is 0 Å². The van der Waals surface area contributed by atoms with Gasteiger partial charge >= 0.3 is 0 Å². The van der Waals surface area contributed by atoms with Crippen LogP contribution in [0.4, 0.5) is 0 Å². The van der Waals surface area contributed by atoms with E-state index >= 15 is 0 Å². The number of hydrogen-bond acceptors (Lipinski definition) is 3. The Labute approximate surface area is 155 Å².